The monoisotopic (exact) mass is 547 g/mol. The number of benzene rings is 2. The van der Waals surface area contributed by atoms with Crippen LogP contribution in [-0.4, -0.2) is 57.6 Å². The van der Waals surface area contributed by atoms with Gasteiger partial charge in [-0.25, -0.2) is 14.8 Å². The molecule has 40 heavy (non-hydrogen) atoms. The molecule has 0 spiro atoms. The normalized spacial score (nSPS) is 11.3. The minimum Gasteiger partial charge on any atom is -0.508 e. The molecule has 0 bridgehead atoms. The highest BCUT2D eigenvalue weighted by molar-refractivity contribution is 5.99. The van der Waals surface area contributed by atoms with Crippen LogP contribution in [0.3, 0.4) is 0 Å². The molecular weight excluding hydrogens is 510 g/mol. The fraction of sp³-hybridized carbons (Fsp3) is 0.367. The number of carbonyl (C=O) groups excluding carboxylic acids is 1. The first-order chi connectivity index (χ1) is 19.5. The molecule has 10 heteroatoms. The van der Waals surface area contributed by atoms with Crippen LogP contribution >= 0.6 is 0 Å². The van der Waals surface area contributed by atoms with Gasteiger partial charge in [0.05, 0.1) is 19.3 Å². The zero-order chi connectivity index (χ0) is 28.4. The second-order valence-electron chi connectivity index (χ2n) is 9.10. The molecule has 0 unspecified atom stereocenters. The van der Waals surface area contributed by atoms with Gasteiger partial charge in [-0.1, -0.05) is 36.8 Å². The third kappa shape index (κ3) is 11.4. The summed E-state index contributed by atoms with van der Waals surface area (Å²) in [6, 6.07) is 13.3. The molecule has 10 nitrogen and oxygen atoms in total. The number of anilines is 2. The number of phenols is 1. The van der Waals surface area contributed by atoms with Crippen LogP contribution in [0.5, 0.6) is 5.75 Å². The summed E-state index contributed by atoms with van der Waals surface area (Å²) in [5, 5.41) is 37.8. The van der Waals surface area contributed by atoms with E-state index in [1.807, 2.05) is 18.2 Å². The molecule has 3 rings (SSSR count). The van der Waals surface area contributed by atoms with E-state index < -0.39 is 12.1 Å². The van der Waals surface area contributed by atoms with Gasteiger partial charge in [0.1, 0.15) is 17.9 Å². The number of ether oxygens (including phenoxy) is 1. The fourth-order valence-corrected chi connectivity index (χ4v) is 3.81. The van der Waals surface area contributed by atoms with E-state index in [9.17, 15) is 20.1 Å². The maximum Gasteiger partial charge on any atom is 0.324 e. The summed E-state index contributed by atoms with van der Waals surface area (Å²) in [6.45, 7) is 2.23. The molecule has 0 saturated carbocycles. The predicted octanol–water partition coefficient (Wildman–Crippen LogP) is 3.96. The van der Waals surface area contributed by atoms with E-state index in [1.165, 1.54) is 12.4 Å². The van der Waals surface area contributed by atoms with Gasteiger partial charge in [0.25, 0.3) is 0 Å². The third-order valence-corrected chi connectivity index (χ3v) is 5.94. The lowest BCUT2D eigenvalue weighted by Crippen LogP contribution is -2.22. The van der Waals surface area contributed by atoms with Crippen LogP contribution in [-0.2, 0) is 11.3 Å². The van der Waals surface area contributed by atoms with E-state index in [2.05, 4.69) is 37.8 Å². The Hall–Kier alpha value is -4.01. The summed E-state index contributed by atoms with van der Waals surface area (Å²) < 4.78 is 5.68. The zero-order valence-electron chi connectivity index (χ0n) is 22.5. The van der Waals surface area contributed by atoms with E-state index in [-0.39, 0.29) is 12.4 Å². The van der Waals surface area contributed by atoms with Crippen molar-refractivity contribution >= 4 is 17.5 Å². The van der Waals surface area contributed by atoms with E-state index >= 15 is 0 Å². The van der Waals surface area contributed by atoms with Gasteiger partial charge in [-0.3, -0.25) is 5.32 Å². The average Bonchev–Trinajstić information content (AvgIpc) is 2.96. The van der Waals surface area contributed by atoms with Gasteiger partial charge in [-0.15, -0.1) is 0 Å². The zero-order valence-corrected chi connectivity index (χ0v) is 22.5. The van der Waals surface area contributed by atoms with Crippen LogP contribution in [0.1, 0.15) is 54.9 Å². The van der Waals surface area contributed by atoms with Crippen LogP contribution in [0.2, 0.25) is 0 Å². The minimum absolute atomic E-state index is 0.0300. The van der Waals surface area contributed by atoms with Crippen LogP contribution in [0.4, 0.5) is 16.3 Å². The van der Waals surface area contributed by atoms with Crippen molar-refractivity contribution in [2.45, 2.75) is 44.8 Å². The highest BCUT2D eigenvalue weighted by Crippen LogP contribution is 2.22. The van der Waals surface area contributed by atoms with E-state index in [1.54, 1.807) is 30.5 Å². The van der Waals surface area contributed by atoms with Crippen molar-refractivity contribution in [2.24, 2.45) is 0 Å². The largest absolute Gasteiger partial charge is 0.508 e. The lowest BCUT2D eigenvalue weighted by atomic mass is 10.1. The summed E-state index contributed by atoms with van der Waals surface area (Å²) in [6.07, 6.45) is 6.98. The highest BCUT2D eigenvalue weighted by Gasteiger charge is 2.10. The Bertz CT molecular complexity index is 1250. The van der Waals surface area contributed by atoms with Crippen molar-refractivity contribution in [1.82, 2.24) is 15.3 Å². The molecule has 0 radical (unpaired) electrons. The Balaban J connectivity index is 1.19. The topological polar surface area (TPSA) is 149 Å². The Labute approximate surface area is 234 Å². The molecule has 3 aromatic rings. The first-order valence-electron chi connectivity index (χ1n) is 13.4. The molecule has 1 heterocycles. The van der Waals surface area contributed by atoms with Gasteiger partial charge in [-0.05, 0) is 61.3 Å². The molecule has 1 aromatic heterocycles. The lowest BCUT2D eigenvalue weighted by molar-refractivity contribution is 0.135. The van der Waals surface area contributed by atoms with Gasteiger partial charge in [0.15, 0.2) is 0 Å². The average molecular weight is 548 g/mol. The smallest absolute Gasteiger partial charge is 0.324 e. The quantitative estimate of drug-likeness (QED) is 0.124. The van der Waals surface area contributed by atoms with Crippen molar-refractivity contribution in [1.29, 1.82) is 0 Å². The first kappa shape index (κ1) is 30.5. The molecule has 212 valence electrons. The molecule has 6 N–H and O–H groups in total. The van der Waals surface area contributed by atoms with Crippen molar-refractivity contribution in [3.8, 4) is 17.6 Å². The summed E-state index contributed by atoms with van der Waals surface area (Å²) in [4.78, 5) is 19.9. The van der Waals surface area contributed by atoms with Gasteiger partial charge >= 0.3 is 6.03 Å². The van der Waals surface area contributed by atoms with E-state index in [4.69, 9.17) is 4.74 Å². The molecule has 0 saturated heterocycles. The predicted molar refractivity (Wildman–Crippen MR) is 154 cm³/mol. The van der Waals surface area contributed by atoms with Gasteiger partial charge in [-0.2, -0.15) is 0 Å². The fourth-order valence-electron chi connectivity index (χ4n) is 3.81. The SMILES string of the molecule is O=C(Nc1cccc(C#CCCOCCCCCCNC[C@H](O)c2ccc(O)c(CO)c2)c1)Nc1ccncn1. The standard InChI is InChI=1S/C30H37N5O5/c36-21-25-19-24(11-12-27(25)37)28(38)20-31-14-4-1-2-5-16-40-17-6-3-8-23-9-7-10-26(18-23)34-30(39)35-29-13-15-32-22-33-29/h7,9-13,15,18-19,22,28,31,36-38H,1-2,4-6,14,16-17,20-21H2,(H2,32,33,34,35,39)/t28-/m0/s1. The number of aliphatic hydroxyl groups is 2. The number of nitrogens with zero attached hydrogens (tertiary/aromatic N) is 2. The number of aromatic nitrogens is 2. The van der Waals surface area contributed by atoms with Crippen molar-refractivity contribution in [3.63, 3.8) is 0 Å². The maximum absolute atomic E-state index is 12.1. The lowest BCUT2D eigenvalue weighted by Gasteiger charge is -2.14. The second kappa shape index (κ2) is 17.6. The first-order valence-corrected chi connectivity index (χ1v) is 13.4. The van der Waals surface area contributed by atoms with E-state index in [0.717, 1.165) is 37.8 Å². The number of aromatic hydroxyl groups is 1. The number of amides is 2. The van der Waals surface area contributed by atoms with Crippen LogP contribution in [0.25, 0.3) is 0 Å². The summed E-state index contributed by atoms with van der Waals surface area (Å²) in [5.74, 6) is 6.64. The molecular formula is C30H37N5O5. The number of unbranched alkanes of at least 4 members (excludes halogenated alkanes) is 3. The number of nitrogens with one attached hydrogen (secondary N) is 3. The number of hydrogen-bond donors (Lipinski definition) is 6. The van der Waals surface area contributed by atoms with Crippen LogP contribution in [0.15, 0.2) is 61.1 Å². The van der Waals surface area contributed by atoms with Gasteiger partial charge in [0.2, 0.25) is 0 Å². The molecule has 2 aromatic carbocycles. The molecule has 0 aliphatic rings. The van der Waals surface area contributed by atoms with Gasteiger partial charge < -0.3 is 30.7 Å². The minimum atomic E-state index is -0.690. The molecule has 0 aliphatic carbocycles. The second-order valence-corrected chi connectivity index (χ2v) is 9.10. The third-order valence-electron chi connectivity index (χ3n) is 5.94. The van der Waals surface area contributed by atoms with Crippen molar-refractivity contribution < 1.29 is 24.9 Å². The Morgan fingerprint density at radius 2 is 1.90 bits per heavy atom. The highest BCUT2D eigenvalue weighted by atomic mass is 16.5. The summed E-state index contributed by atoms with van der Waals surface area (Å²) in [7, 11) is 0. The van der Waals surface area contributed by atoms with Gasteiger partial charge in [0, 0.05) is 42.6 Å². The Morgan fingerprint density at radius 3 is 2.73 bits per heavy atom. The number of aliphatic hydroxyl groups excluding tert-OH is 2. The number of urea groups is 1. The number of rotatable bonds is 15. The Kier molecular flexibility index (Phi) is 13.4. The Morgan fingerprint density at radius 1 is 1.02 bits per heavy atom. The van der Waals surface area contributed by atoms with Crippen molar-refractivity contribution in [3.05, 3.63) is 77.7 Å². The maximum atomic E-state index is 12.1. The van der Waals surface area contributed by atoms with Crippen LogP contribution < -0.4 is 16.0 Å². The molecule has 2 amide bonds. The van der Waals surface area contributed by atoms with Crippen LogP contribution in [0, 0.1) is 11.8 Å². The summed E-state index contributed by atoms with van der Waals surface area (Å²) in [5.41, 5.74) is 2.52. The molecule has 0 fully saturated rings. The molecule has 1 atom stereocenters. The van der Waals surface area contributed by atoms with Crippen molar-refractivity contribution in [2.75, 3.05) is 36.9 Å². The molecule has 0 aliphatic heterocycles. The van der Waals surface area contributed by atoms with E-state index in [0.29, 0.717) is 48.8 Å². The summed E-state index contributed by atoms with van der Waals surface area (Å²) >= 11 is 0. The number of carbonyl (C=O) groups is 1. The number of hydrogen-bond acceptors (Lipinski definition) is 8.